The van der Waals surface area contributed by atoms with Gasteiger partial charge in [0.2, 0.25) is 0 Å². The molecular weight excluding hydrogens is 523 g/mol. The number of methoxy groups -OCH3 is 1. The minimum atomic E-state index is -1.30. The molecule has 2 aliphatic rings. The summed E-state index contributed by atoms with van der Waals surface area (Å²) < 4.78 is 36.5. The Morgan fingerprint density at radius 1 is 1.17 bits per heavy atom. The van der Waals surface area contributed by atoms with Crippen molar-refractivity contribution in [2.24, 2.45) is 5.92 Å². The van der Waals surface area contributed by atoms with Crippen LogP contribution in [-0.4, -0.2) is 48.1 Å². The van der Waals surface area contributed by atoms with E-state index in [0.717, 1.165) is 5.56 Å². The fraction of sp³-hybridized carbons (Fsp3) is 0.385. The van der Waals surface area contributed by atoms with Gasteiger partial charge in [0.25, 0.3) is 0 Å². The summed E-state index contributed by atoms with van der Waals surface area (Å²) in [6, 6.07) is 12.2. The van der Waals surface area contributed by atoms with Crippen LogP contribution in [0.2, 0.25) is 0 Å². The number of aliphatic hydroxyl groups is 1. The van der Waals surface area contributed by atoms with Crippen LogP contribution in [0, 0.1) is 11.7 Å². The molecule has 4 rings (SSSR count). The van der Waals surface area contributed by atoms with Gasteiger partial charge >= 0.3 is 5.97 Å². The van der Waals surface area contributed by atoms with E-state index >= 15 is 0 Å². The summed E-state index contributed by atoms with van der Waals surface area (Å²) in [5.41, 5.74) is 0.233. The highest BCUT2D eigenvalue weighted by molar-refractivity contribution is 9.12. The monoisotopic (exact) mass is 548 g/mol. The Hall–Kier alpha value is -2.43. The molecule has 1 heterocycles. The first-order chi connectivity index (χ1) is 16.6. The Bertz CT molecular complexity index is 1130. The molecule has 1 N–H and O–H groups in total. The molecule has 1 saturated heterocycles. The summed E-state index contributed by atoms with van der Waals surface area (Å²) in [5, 5.41) is 11.3. The Labute approximate surface area is 211 Å². The molecule has 2 aromatic rings. The van der Waals surface area contributed by atoms with E-state index in [1.807, 2.05) is 0 Å². The lowest BCUT2D eigenvalue weighted by Crippen LogP contribution is -2.49. The van der Waals surface area contributed by atoms with Gasteiger partial charge in [0.05, 0.1) is 42.4 Å². The second-order valence-electron chi connectivity index (χ2n) is 9.00. The zero-order chi connectivity index (χ0) is 25.4. The fourth-order valence-electron chi connectivity index (χ4n) is 4.59. The van der Waals surface area contributed by atoms with Gasteiger partial charge in [-0.25, -0.2) is 9.18 Å². The lowest BCUT2D eigenvalue weighted by Gasteiger charge is -2.35. The van der Waals surface area contributed by atoms with Gasteiger partial charge in [0.15, 0.2) is 11.6 Å². The van der Waals surface area contributed by atoms with E-state index < -0.39 is 35.5 Å². The van der Waals surface area contributed by atoms with E-state index in [0.29, 0.717) is 11.1 Å². The normalized spacial score (nSPS) is 26.1. The molecule has 2 unspecified atom stereocenters. The molecule has 1 aliphatic carbocycles. The first-order valence-corrected chi connectivity index (χ1v) is 11.8. The fourth-order valence-corrected chi connectivity index (χ4v) is 5.20. The maximum atomic E-state index is 13.2. The van der Waals surface area contributed by atoms with Crippen LogP contribution in [0.1, 0.15) is 41.4 Å². The lowest BCUT2D eigenvalue weighted by molar-refractivity contribution is -0.170. The van der Waals surface area contributed by atoms with E-state index in [9.17, 15) is 19.1 Å². The van der Waals surface area contributed by atoms with E-state index in [2.05, 4.69) is 15.9 Å². The van der Waals surface area contributed by atoms with Crippen LogP contribution >= 0.6 is 15.9 Å². The number of aliphatic hydroxyl groups excluding tert-OH is 1. The number of carbonyl (C=O) groups is 2. The van der Waals surface area contributed by atoms with Crippen LogP contribution in [0.15, 0.2) is 59.1 Å². The van der Waals surface area contributed by atoms with Crippen LogP contribution in [0.4, 0.5) is 4.39 Å². The predicted octanol–water partition coefficient (Wildman–Crippen LogP) is 4.23. The third-order valence-electron chi connectivity index (χ3n) is 6.15. The number of Topliss-reactive ketones (excluding diaryl/α,β-unsaturated/α-hetero) is 1. The van der Waals surface area contributed by atoms with Gasteiger partial charge in [-0.15, -0.1) is 0 Å². The van der Waals surface area contributed by atoms with Gasteiger partial charge in [-0.3, -0.25) is 4.79 Å². The highest BCUT2D eigenvalue weighted by atomic mass is 79.9. The number of halogens is 2. The van der Waals surface area contributed by atoms with Crippen LogP contribution < -0.4 is 0 Å². The number of benzene rings is 2. The summed E-state index contributed by atoms with van der Waals surface area (Å²) in [7, 11) is 1.28. The van der Waals surface area contributed by atoms with Crippen molar-refractivity contribution >= 4 is 27.7 Å². The molecule has 4 atom stereocenters. The van der Waals surface area contributed by atoms with Crippen LogP contribution in [0.25, 0.3) is 0 Å². The molecule has 186 valence electrons. The van der Waals surface area contributed by atoms with Gasteiger partial charge < -0.3 is 24.1 Å². The zero-order valence-corrected chi connectivity index (χ0v) is 21.1. The Morgan fingerprint density at radius 2 is 1.83 bits per heavy atom. The van der Waals surface area contributed by atoms with Crippen molar-refractivity contribution in [2.45, 2.75) is 44.1 Å². The SMILES string of the molecule is COC(=O)c1ccc(C(O)C2C(=O)C(Br)=C[C@]23OC(C)(C)O[C@@H]3COCc2ccc(F)cc2)cc1. The zero-order valence-electron chi connectivity index (χ0n) is 19.5. The van der Waals surface area contributed by atoms with Crippen molar-refractivity contribution in [2.75, 3.05) is 13.7 Å². The lowest BCUT2D eigenvalue weighted by atomic mass is 9.79. The molecule has 0 aromatic heterocycles. The average molecular weight is 549 g/mol. The van der Waals surface area contributed by atoms with Crippen molar-refractivity contribution in [3.63, 3.8) is 0 Å². The van der Waals surface area contributed by atoms with E-state index in [4.69, 9.17) is 18.9 Å². The number of esters is 1. The summed E-state index contributed by atoms with van der Waals surface area (Å²) in [4.78, 5) is 25.0. The van der Waals surface area contributed by atoms with Gasteiger partial charge in [-0.2, -0.15) is 0 Å². The summed E-state index contributed by atoms with van der Waals surface area (Å²) in [6.45, 7) is 3.73. The van der Waals surface area contributed by atoms with Crippen LogP contribution in [0.5, 0.6) is 0 Å². The summed E-state index contributed by atoms with van der Waals surface area (Å²) in [5.74, 6) is -3.25. The second kappa shape index (κ2) is 9.91. The Kier molecular flexibility index (Phi) is 7.26. The van der Waals surface area contributed by atoms with Crippen LogP contribution in [0.3, 0.4) is 0 Å². The average Bonchev–Trinajstić information content (AvgIpc) is 3.23. The van der Waals surface area contributed by atoms with Crippen molar-refractivity contribution in [1.82, 2.24) is 0 Å². The van der Waals surface area contributed by atoms with Gasteiger partial charge in [-0.05, 0) is 71.2 Å². The largest absolute Gasteiger partial charge is 0.465 e. The quantitative estimate of drug-likeness (QED) is 0.517. The molecule has 2 aromatic carbocycles. The third kappa shape index (κ3) is 5.10. The minimum Gasteiger partial charge on any atom is -0.465 e. The highest BCUT2D eigenvalue weighted by Gasteiger charge is 2.63. The van der Waals surface area contributed by atoms with Crippen molar-refractivity contribution < 1.29 is 38.0 Å². The van der Waals surface area contributed by atoms with Crippen molar-refractivity contribution in [3.05, 3.63) is 81.6 Å². The van der Waals surface area contributed by atoms with Gasteiger partial charge in [0, 0.05) is 0 Å². The molecule has 7 nitrogen and oxygen atoms in total. The number of ether oxygens (including phenoxy) is 4. The molecule has 1 spiro atoms. The number of hydrogen-bond acceptors (Lipinski definition) is 7. The maximum Gasteiger partial charge on any atom is 0.337 e. The number of allylic oxidation sites excluding steroid dienone is 1. The third-order valence-corrected chi connectivity index (χ3v) is 6.77. The van der Waals surface area contributed by atoms with E-state index in [1.54, 1.807) is 44.2 Å². The predicted molar refractivity (Wildman–Crippen MR) is 127 cm³/mol. The Morgan fingerprint density at radius 3 is 2.46 bits per heavy atom. The van der Waals surface area contributed by atoms with Gasteiger partial charge in [-0.1, -0.05) is 24.3 Å². The van der Waals surface area contributed by atoms with Crippen molar-refractivity contribution in [1.29, 1.82) is 0 Å². The summed E-state index contributed by atoms with van der Waals surface area (Å²) >= 11 is 3.31. The summed E-state index contributed by atoms with van der Waals surface area (Å²) in [6.07, 6.45) is -0.337. The molecular formula is C26H26BrFO7. The topological polar surface area (TPSA) is 91.3 Å². The highest BCUT2D eigenvalue weighted by Crippen LogP contribution is 2.52. The molecule has 35 heavy (non-hydrogen) atoms. The van der Waals surface area contributed by atoms with Crippen molar-refractivity contribution in [3.8, 4) is 0 Å². The number of hydrogen-bond donors (Lipinski definition) is 1. The van der Waals surface area contributed by atoms with Gasteiger partial charge in [0.1, 0.15) is 17.5 Å². The molecule has 0 saturated carbocycles. The molecule has 1 aliphatic heterocycles. The number of carbonyl (C=O) groups excluding carboxylic acids is 2. The smallest absolute Gasteiger partial charge is 0.337 e. The standard InChI is InChI=1S/C26H26BrFO7/c1-25(2)34-20(14-33-13-15-4-10-18(28)11-5-15)26(35-25)12-19(27)23(30)21(26)22(29)16-6-8-17(9-7-16)24(31)32-3/h4-12,20-22,29H,13-14H2,1-3H3/t20-,21?,22?,26-/m1/s1. The second-order valence-corrected chi connectivity index (χ2v) is 9.85. The van der Waals surface area contributed by atoms with E-state index in [-0.39, 0.29) is 29.3 Å². The minimum absolute atomic E-state index is 0.0648. The van der Waals surface area contributed by atoms with Crippen LogP contribution in [-0.2, 0) is 30.3 Å². The Balaban J connectivity index is 1.59. The molecule has 9 heteroatoms. The maximum absolute atomic E-state index is 13.2. The molecule has 0 bridgehead atoms. The number of ketones is 1. The first kappa shape index (κ1) is 25.7. The number of rotatable bonds is 7. The molecule has 0 amide bonds. The van der Waals surface area contributed by atoms with E-state index in [1.165, 1.54) is 31.4 Å². The molecule has 1 fully saturated rings. The molecule has 0 radical (unpaired) electrons. The first-order valence-electron chi connectivity index (χ1n) is 11.1.